The third-order valence-electron chi connectivity index (χ3n) is 5.95. The molecule has 0 radical (unpaired) electrons. The zero-order chi connectivity index (χ0) is 22.8. The first-order chi connectivity index (χ1) is 16.1. The lowest BCUT2D eigenvalue weighted by Crippen LogP contribution is -2.50. The molecule has 8 heteroatoms. The summed E-state index contributed by atoms with van der Waals surface area (Å²) in [6, 6.07) is 19.7. The second-order valence-corrected chi connectivity index (χ2v) is 8.97. The maximum absolute atomic E-state index is 13.0. The second-order valence-electron chi connectivity index (χ2n) is 7.94. The van der Waals surface area contributed by atoms with Crippen molar-refractivity contribution in [2.45, 2.75) is 6.54 Å². The first kappa shape index (κ1) is 21.2. The van der Waals surface area contributed by atoms with Crippen LogP contribution in [0.3, 0.4) is 0 Å². The minimum absolute atomic E-state index is 0.000820. The number of carbonyl (C=O) groups is 1. The van der Waals surface area contributed by atoms with E-state index in [9.17, 15) is 9.59 Å². The number of methoxy groups -OCH3 is 1. The molecule has 1 fully saturated rings. The Kier molecular flexibility index (Phi) is 5.83. The molecule has 2 aromatic carbocycles. The highest BCUT2D eigenvalue weighted by molar-refractivity contribution is 7.21. The van der Waals surface area contributed by atoms with Gasteiger partial charge in [-0.1, -0.05) is 30.3 Å². The van der Waals surface area contributed by atoms with Gasteiger partial charge in [0.2, 0.25) is 5.91 Å². The third-order valence-corrected chi connectivity index (χ3v) is 7.04. The van der Waals surface area contributed by atoms with Crippen molar-refractivity contribution in [3.05, 3.63) is 77.3 Å². The lowest BCUT2D eigenvalue weighted by atomic mass is 10.2. The van der Waals surface area contributed by atoms with Gasteiger partial charge in [0.25, 0.3) is 5.56 Å². The van der Waals surface area contributed by atoms with Crippen molar-refractivity contribution in [2.24, 2.45) is 0 Å². The minimum Gasteiger partial charge on any atom is -0.497 e. The van der Waals surface area contributed by atoms with E-state index in [4.69, 9.17) is 4.74 Å². The molecule has 0 N–H and O–H groups in total. The van der Waals surface area contributed by atoms with E-state index in [-0.39, 0.29) is 18.0 Å². The number of amides is 1. The molecule has 3 heterocycles. The van der Waals surface area contributed by atoms with Crippen molar-refractivity contribution < 1.29 is 9.53 Å². The third kappa shape index (κ3) is 4.34. The molecule has 1 aliphatic rings. The maximum atomic E-state index is 13.0. The van der Waals surface area contributed by atoms with Crippen LogP contribution in [0.4, 0.5) is 5.69 Å². The fourth-order valence-electron chi connectivity index (χ4n) is 4.07. The van der Waals surface area contributed by atoms with Crippen LogP contribution >= 0.6 is 11.3 Å². The lowest BCUT2D eigenvalue weighted by molar-refractivity contribution is -0.132. The number of thiophene rings is 1. The molecule has 0 atom stereocenters. The molecule has 168 valence electrons. The first-order valence-corrected chi connectivity index (χ1v) is 11.7. The summed E-state index contributed by atoms with van der Waals surface area (Å²) < 4.78 is 6.64. The predicted molar refractivity (Wildman–Crippen MR) is 131 cm³/mol. The molecule has 0 saturated carbocycles. The van der Waals surface area contributed by atoms with Gasteiger partial charge in [0.15, 0.2) is 0 Å². The van der Waals surface area contributed by atoms with Crippen LogP contribution in [0.15, 0.2) is 71.8 Å². The van der Waals surface area contributed by atoms with Crippen LogP contribution in [0.25, 0.3) is 20.7 Å². The van der Waals surface area contributed by atoms with Crippen molar-refractivity contribution in [2.75, 3.05) is 38.2 Å². The Hall–Kier alpha value is -3.65. The molecule has 0 aliphatic carbocycles. The van der Waals surface area contributed by atoms with E-state index in [0.29, 0.717) is 23.3 Å². The number of hydrogen-bond donors (Lipinski definition) is 0. The van der Waals surface area contributed by atoms with Gasteiger partial charge in [-0.3, -0.25) is 14.2 Å². The van der Waals surface area contributed by atoms with Crippen LogP contribution in [-0.4, -0.2) is 53.6 Å². The molecule has 2 aromatic heterocycles. The summed E-state index contributed by atoms with van der Waals surface area (Å²) in [6.07, 6.45) is 1.49. The molecule has 0 bridgehead atoms. The maximum Gasteiger partial charge on any atom is 0.262 e. The average Bonchev–Trinajstić information content (AvgIpc) is 3.32. The van der Waals surface area contributed by atoms with Gasteiger partial charge in [0.05, 0.1) is 18.8 Å². The highest BCUT2D eigenvalue weighted by Crippen LogP contribution is 2.30. The van der Waals surface area contributed by atoms with Crippen LogP contribution in [0.1, 0.15) is 0 Å². The Labute approximate surface area is 195 Å². The van der Waals surface area contributed by atoms with Gasteiger partial charge in [0, 0.05) is 36.7 Å². The largest absolute Gasteiger partial charge is 0.497 e. The van der Waals surface area contributed by atoms with Crippen molar-refractivity contribution in [1.29, 1.82) is 0 Å². The SMILES string of the molecule is COc1ccc(N2CCN(C(=O)Cn3cnc4sc(-c5ccccc5)cc4c3=O)CC2)cc1. The number of piperazine rings is 1. The van der Waals surface area contributed by atoms with E-state index in [0.717, 1.165) is 35.0 Å². The van der Waals surface area contributed by atoms with Crippen molar-refractivity contribution >= 4 is 33.1 Å². The Balaban J connectivity index is 1.26. The Morgan fingerprint density at radius 2 is 1.76 bits per heavy atom. The van der Waals surface area contributed by atoms with E-state index in [1.165, 1.54) is 22.2 Å². The molecule has 1 saturated heterocycles. The van der Waals surface area contributed by atoms with E-state index in [1.54, 1.807) is 7.11 Å². The summed E-state index contributed by atoms with van der Waals surface area (Å²) in [5, 5.41) is 0.554. The highest BCUT2D eigenvalue weighted by atomic mass is 32.1. The predicted octanol–water partition coefficient (Wildman–Crippen LogP) is 3.48. The summed E-state index contributed by atoms with van der Waals surface area (Å²) in [4.78, 5) is 36.1. The molecule has 1 aliphatic heterocycles. The van der Waals surface area contributed by atoms with E-state index >= 15 is 0 Å². The number of carbonyl (C=O) groups excluding carboxylic acids is 1. The number of anilines is 1. The van der Waals surface area contributed by atoms with Crippen LogP contribution < -0.4 is 15.2 Å². The summed E-state index contributed by atoms with van der Waals surface area (Å²) in [7, 11) is 1.65. The van der Waals surface area contributed by atoms with Gasteiger partial charge in [0.1, 0.15) is 17.1 Å². The lowest BCUT2D eigenvalue weighted by Gasteiger charge is -2.36. The number of aromatic nitrogens is 2. The number of hydrogen-bond acceptors (Lipinski definition) is 6. The van der Waals surface area contributed by atoms with Gasteiger partial charge in [-0.25, -0.2) is 4.98 Å². The quantitative estimate of drug-likeness (QED) is 0.456. The van der Waals surface area contributed by atoms with E-state index in [2.05, 4.69) is 9.88 Å². The second kappa shape index (κ2) is 9.07. The highest BCUT2D eigenvalue weighted by Gasteiger charge is 2.22. The molecule has 0 unspecified atom stereocenters. The van der Waals surface area contributed by atoms with E-state index < -0.39 is 0 Å². The Morgan fingerprint density at radius 1 is 1.03 bits per heavy atom. The molecular formula is C25H24N4O3S. The Bertz CT molecular complexity index is 1320. The number of fused-ring (bicyclic) bond motifs is 1. The minimum atomic E-state index is -0.177. The van der Waals surface area contributed by atoms with Crippen LogP contribution in [0, 0.1) is 0 Å². The standard InChI is InChI=1S/C25H24N4O3S/c1-32-20-9-7-19(8-10-20)27-11-13-28(14-12-27)23(30)16-29-17-26-24-21(25(29)31)15-22(33-24)18-5-3-2-4-6-18/h2-10,15,17H,11-14,16H2,1H3. The zero-order valence-corrected chi connectivity index (χ0v) is 19.1. The number of nitrogens with zero attached hydrogens (tertiary/aromatic N) is 4. The molecule has 4 aromatic rings. The molecule has 1 amide bonds. The summed E-state index contributed by atoms with van der Waals surface area (Å²) in [5.74, 6) is 0.760. The molecule has 5 rings (SSSR count). The average molecular weight is 461 g/mol. The molecule has 33 heavy (non-hydrogen) atoms. The van der Waals surface area contributed by atoms with E-state index in [1.807, 2.05) is 65.6 Å². The number of ether oxygens (including phenoxy) is 1. The van der Waals surface area contributed by atoms with Gasteiger partial charge in [-0.15, -0.1) is 11.3 Å². The number of rotatable bonds is 5. The van der Waals surface area contributed by atoms with Gasteiger partial charge in [-0.2, -0.15) is 0 Å². The smallest absolute Gasteiger partial charge is 0.262 e. The van der Waals surface area contributed by atoms with Crippen molar-refractivity contribution in [3.63, 3.8) is 0 Å². The molecule has 0 spiro atoms. The fraction of sp³-hybridized carbons (Fsp3) is 0.240. The van der Waals surface area contributed by atoms with Crippen molar-refractivity contribution in [3.8, 4) is 16.2 Å². The first-order valence-electron chi connectivity index (χ1n) is 10.8. The molecule has 7 nitrogen and oxygen atoms in total. The van der Waals surface area contributed by atoms with Gasteiger partial charge >= 0.3 is 0 Å². The monoisotopic (exact) mass is 460 g/mol. The van der Waals surface area contributed by atoms with Crippen LogP contribution in [0.2, 0.25) is 0 Å². The van der Waals surface area contributed by atoms with Crippen LogP contribution in [0.5, 0.6) is 5.75 Å². The van der Waals surface area contributed by atoms with Crippen molar-refractivity contribution in [1.82, 2.24) is 14.5 Å². The van der Waals surface area contributed by atoms with Gasteiger partial charge < -0.3 is 14.5 Å². The summed E-state index contributed by atoms with van der Waals surface area (Å²) >= 11 is 1.49. The number of benzene rings is 2. The van der Waals surface area contributed by atoms with Crippen LogP contribution in [-0.2, 0) is 11.3 Å². The zero-order valence-electron chi connectivity index (χ0n) is 18.3. The molecular weight excluding hydrogens is 436 g/mol. The summed E-state index contributed by atoms with van der Waals surface area (Å²) in [5.41, 5.74) is 1.99. The Morgan fingerprint density at radius 3 is 2.45 bits per heavy atom. The van der Waals surface area contributed by atoms with Gasteiger partial charge in [-0.05, 0) is 35.9 Å². The normalized spacial score (nSPS) is 14.0. The fourth-order valence-corrected chi connectivity index (χ4v) is 5.06. The topological polar surface area (TPSA) is 67.7 Å². The summed E-state index contributed by atoms with van der Waals surface area (Å²) in [6.45, 7) is 2.73.